The molecule has 0 aliphatic rings. The van der Waals surface area contributed by atoms with Crippen molar-refractivity contribution in [1.29, 1.82) is 0 Å². The summed E-state index contributed by atoms with van der Waals surface area (Å²) in [5, 5.41) is 11.0. The van der Waals surface area contributed by atoms with Crippen LogP contribution in [-0.2, 0) is 5.41 Å². The first-order valence-corrected chi connectivity index (χ1v) is 8.01. The Labute approximate surface area is 131 Å². The average Bonchev–Trinajstić information content (AvgIpc) is 2.68. The number of hydrogen-bond donors (Lipinski definition) is 1. The van der Waals surface area contributed by atoms with Crippen LogP contribution in [0.25, 0.3) is 0 Å². The summed E-state index contributed by atoms with van der Waals surface area (Å²) in [4.78, 5) is 0.848. The lowest BCUT2D eigenvalue weighted by Gasteiger charge is -2.19. The maximum Gasteiger partial charge on any atom is 0.113 e. The molecular weight excluding hydrogens is 344 g/mol. The minimum absolute atomic E-state index is 0.124. The van der Waals surface area contributed by atoms with Gasteiger partial charge in [0, 0.05) is 4.88 Å². The molecule has 19 heavy (non-hydrogen) atoms. The number of hydrogen-bond acceptors (Lipinski definition) is 2. The van der Waals surface area contributed by atoms with E-state index >= 15 is 0 Å². The number of thiophene rings is 1. The first-order chi connectivity index (χ1) is 8.79. The fourth-order valence-electron chi connectivity index (χ4n) is 1.83. The molecule has 1 aromatic carbocycles. The fraction of sp³-hybridized carbons (Fsp3) is 0.333. The molecule has 0 radical (unpaired) electrons. The maximum atomic E-state index is 10.4. The van der Waals surface area contributed by atoms with Gasteiger partial charge in [-0.05, 0) is 38.5 Å². The van der Waals surface area contributed by atoms with E-state index in [0.717, 1.165) is 14.2 Å². The van der Waals surface area contributed by atoms with Gasteiger partial charge < -0.3 is 5.11 Å². The second kappa shape index (κ2) is 5.57. The second-order valence-electron chi connectivity index (χ2n) is 5.54. The topological polar surface area (TPSA) is 20.2 Å². The lowest BCUT2D eigenvalue weighted by atomic mass is 9.86. The van der Waals surface area contributed by atoms with E-state index in [2.05, 4.69) is 48.8 Å². The van der Waals surface area contributed by atoms with Crippen molar-refractivity contribution in [3.63, 3.8) is 0 Å². The Kier molecular flexibility index (Phi) is 4.41. The van der Waals surface area contributed by atoms with E-state index in [4.69, 9.17) is 11.6 Å². The van der Waals surface area contributed by atoms with Crippen LogP contribution in [0.2, 0.25) is 5.02 Å². The third-order valence-corrected chi connectivity index (χ3v) is 5.55. The summed E-state index contributed by atoms with van der Waals surface area (Å²) in [6.07, 6.45) is -0.622. The van der Waals surface area contributed by atoms with E-state index in [1.165, 1.54) is 16.9 Å². The molecule has 1 atom stereocenters. The molecule has 0 saturated heterocycles. The molecule has 0 amide bonds. The lowest BCUT2D eigenvalue weighted by Crippen LogP contribution is -2.11. The standard InChI is InChI=1S/C15H16BrClOS/c1-15(2,3)10-6-4-9(5-7-10)13(18)12-8-11(17)14(16)19-12/h4-8,13,18H,1-3H3. The molecule has 0 bridgehead atoms. The predicted octanol–water partition coefficient (Wildman–Crippen LogP) is 5.54. The van der Waals surface area contributed by atoms with Crippen molar-refractivity contribution < 1.29 is 5.11 Å². The molecule has 0 saturated carbocycles. The largest absolute Gasteiger partial charge is 0.383 e. The number of halogens is 2. The van der Waals surface area contributed by atoms with Gasteiger partial charge in [-0.15, -0.1) is 11.3 Å². The van der Waals surface area contributed by atoms with E-state index in [1.54, 1.807) is 6.07 Å². The zero-order valence-corrected chi connectivity index (χ0v) is 14.2. The van der Waals surface area contributed by atoms with Crippen LogP contribution in [0.4, 0.5) is 0 Å². The normalized spacial score (nSPS) is 13.6. The Hall–Kier alpha value is -0.350. The van der Waals surface area contributed by atoms with Gasteiger partial charge in [0.15, 0.2) is 0 Å². The van der Waals surface area contributed by atoms with Gasteiger partial charge in [-0.2, -0.15) is 0 Å². The summed E-state index contributed by atoms with van der Waals surface area (Å²) in [5.74, 6) is 0. The molecule has 1 N–H and O–H groups in total. The van der Waals surface area contributed by atoms with Gasteiger partial charge in [0.05, 0.1) is 8.81 Å². The molecule has 0 aliphatic heterocycles. The monoisotopic (exact) mass is 358 g/mol. The quantitative estimate of drug-likeness (QED) is 0.746. The highest BCUT2D eigenvalue weighted by atomic mass is 79.9. The summed E-state index contributed by atoms with van der Waals surface area (Å²) in [5.41, 5.74) is 2.27. The Morgan fingerprint density at radius 2 is 1.79 bits per heavy atom. The minimum Gasteiger partial charge on any atom is -0.383 e. The number of rotatable bonds is 2. The molecule has 0 spiro atoms. The van der Waals surface area contributed by atoms with Crippen LogP contribution in [-0.4, -0.2) is 5.11 Å². The average molecular weight is 360 g/mol. The molecule has 1 aromatic heterocycles. The predicted molar refractivity (Wildman–Crippen MR) is 86.2 cm³/mol. The van der Waals surface area contributed by atoms with Crippen LogP contribution in [0.3, 0.4) is 0 Å². The Morgan fingerprint density at radius 1 is 1.21 bits per heavy atom. The summed E-state index contributed by atoms with van der Waals surface area (Å²) >= 11 is 10.8. The minimum atomic E-state index is -0.622. The third-order valence-electron chi connectivity index (χ3n) is 3.03. The van der Waals surface area contributed by atoms with Crippen LogP contribution in [0, 0.1) is 0 Å². The zero-order chi connectivity index (χ0) is 14.2. The van der Waals surface area contributed by atoms with Crippen LogP contribution in [0.1, 0.15) is 42.9 Å². The SMILES string of the molecule is CC(C)(C)c1ccc(C(O)c2cc(Cl)c(Br)s2)cc1. The summed E-state index contributed by atoms with van der Waals surface area (Å²) < 4.78 is 0.856. The lowest BCUT2D eigenvalue weighted by molar-refractivity contribution is 0.224. The smallest absolute Gasteiger partial charge is 0.113 e. The highest BCUT2D eigenvalue weighted by Crippen LogP contribution is 2.37. The van der Waals surface area contributed by atoms with Gasteiger partial charge in [-0.1, -0.05) is 56.6 Å². The van der Waals surface area contributed by atoms with E-state index in [9.17, 15) is 5.11 Å². The molecule has 4 heteroatoms. The van der Waals surface area contributed by atoms with Crippen LogP contribution < -0.4 is 0 Å². The second-order valence-corrected chi connectivity index (χ2v) is 8.35. The Bertz CT molecular complexity index is 549. The third kappa shape index (κ3) is 3.40. The van der Waals surface area contributed by atoms with Crippen molar-refractivity contribution >= 4 is 38.9 Å². The highest BCUT2D eigenvalue weighted by Gasteiger charge is 2.17. The van der Waals surface area contributed by atoms with E-state index in [0.29, 0.717) is 5.02 Å². The van der Waals surface area contributed by atoms with Crippen LogP contribution in [0.5, 0.6) is 0 Å². The molecular formula is C15H16BrClOS. The van der Waals surface area contributed by atoms with Crippen molar-refractivity contribution in [1.82, 2.24) is 0 Å². The molecule has 1 nitrogen and oxygen atoms in total. The molecule has 1 heterocycles. The van der Waals surface area contributed by atoms with Crippen molar-refractivity contribution in [3.05, 3.63) is 55.1 Å². The molecule has 102 valence electrons. The van der Waals surface area contributed by atoms with Crippen molar-refractivity contribution in [2.45, 2.75) is 32.3 Å². The highest BCUT2D eigenvalue weighted by molar-refractivity contribution is 9.11. The van der Waals surface area contributed by atoms with Gasteiger partial charge in [0.25, 0.3) is 0 Å². The number of benzene rings is 1. The summed E-state index contributed by atoms with van der Waals surface area (Å²) in [7, 11) is 0. The zero-order valence-electron chi connectivity index (χ0n) is 11.1. The van der Waals surface area contributed by atoms with Gasteiger partial charge in [-0.3, -0.25) is 0 Å². The van der Waals surface area contributed by atoms with Crippen molar-refractivity contribution in [2.75, 3.05) is 0 Å². The van der Waals surface area contributed by atoms with Gasteiger partial charge in [-0.25, -0.2) is 0 Å². The molecule has 0 fully saturated rings. The van der Waals surface area contributed by atoms with Gasteiger partial charge in [0.2, 0.25) is 0 Å². The van der Waals surface area contributed by atoms with Crippen LogP contribution in [0.15, 0.2) is 34.1 Å². The summed E-state index contributed by atoms with van der Waals surface area (Å²) in [6.45, 7) is 6.53. The number of aliphatic hydroxyl groups is 1. The Morgan fingerprint density at radius 3 is 2.21 bits per heavy atom. The van der Waals surface area contributed by atoms with E-state index < -0.39 is 6.10 Å². The fourth-order valence-corrected chi connectivity index (χ4v) is 3.59. The van der Waals surface area contributed by atoms with E-state index in [-0.39, 0.29) is 5.41 Å². The maximum absolute atomic E-state index is 10.4. The van der Waals surface area contributed by atoms with Gasteiger partial charge in [0.1, 0.15) is 6.10 Å². The van der Waals surface area contributed by atoms with Gasteiger partial charge >= 0.3 is 0 Å². The first kappa shape index (κ1) is 15.0. The molecule has 1 unspecified atom stereocenters. The molecule has 0 aliphatic carbocycles. The van der Waals surface area contributed by atoms with Crippen LogP contribution >= 0.6 is 38.9 Å². The molecule has 2 aromatic rings. The first-order valence-electron chi connectivity index (χ1n) is 6.02. The molecule has 2 rings (SSSR count). The van der Waals surface area contributed by atoms with Crippen molar-refractivity contribution in [3.8, 4) is 0 Å². The van der Waals surface area contributed by atoms with Crippen molar-refractivity contribution in [2.24, 2.45) is 0 Å². The Balaban J connectivity index is 2.27. The number of aliphatic hydroxyl groups excluding tert-OH is 1. The van der Waals surface area contributed by atoms with E-state index in [1.807, 2.05) is 12.1 Å². The summed E-state index contributed by atoms with van der Waals surface area (Å²) in [6, 6.07) is 9.91.